The van der Waals surface area contributed by atoms with E-state index in [1.165, 1.54) is 32.2 Å². The minimum Gasteiger partial charge on any atom is -0.497 e. The first-order valence-electron chi connectivity index (χ1n) is 7.88. The molecule has 0 aromatic heterocycles. The fourth-order valence-electron chi connectivity index (χ4n) is 2.36. The zero-order valence-electron chi connectivity index (χ0n) is 14.4. The molecule has 0 spiro atoms. The van der Waals surface area contributed by atoms with Crippen LogP contribution in [0.1, 0.15) is 22.8 Å². The SMILES string of the molecule is COc1ccc([N+](=O)[O-])c(C(=O)NCCc2ccc(NC(C)=O)cc2)c1. The van der Waals surface area contributed by atoms with Gasteiger partial charge in [0.25, 0.3) is 11.6 Å². The second kappa shape index (κ2) is 8.61. The summed E-state index contributed by atoms with van der Waals surface area (Å²) < 4.78 is 5.02. The van der Waals surface area contributed by atoms with Crippen molar-refractivity contribution in [3.63, 3.8) is 0 Å². The smallest absolute Gasteiger partial charge is 0.282 e. The molecule has 0 bridgehead atoms. The highest BCUT2D eigenvalue weighted by atomic mass is 16.6. The number of anilines is 1. The van der Waals surface area contributed by atoms with Crippen molar-refractivity contribution in [1.82, 2.24) is 5.32 Å². The molecule has 26 heavy (non-hydrogen) atoms. The molecule has 8 heteroatoms. The first-order chi connectivity index (χ1) is 12.4. The lowest BCUT2D eigenvalue weighted by atomic mass is 10.1. The van der Waals surface area contributed by atoms with Crippen molar-refractivity contribution in [2.24, 2.45) is 0 Å². The highest BCUT2D eigenvalue weighted by Crippen LogP contribution is 2.23. The van der Waals surface area contributed by atoms with Crippen molar-refractivity contribution in [2.75, 3.05) is 19.0 Å². The number of ether oxygens (including phenoxy) is 1. The number of hydrogen-bond donors (Lipinski definition) is 2. The fraction of sp³-hybridized carbons (Fsp3) is 0.222. The van der Waals surface area contributed by atoms with Crippen LogP contribution in [0.2, 0.25) is 0 Å². The van der Waals surface area contributed by atoms with Crippen LogP contribution >= 0.6 is 0 Å². The minimum absolute atomic E-state index is 0.0460. The monoisotopic (exact) mass is 357 g/mol. The van der Waals surface area contributed by atoms with E-state index in [1.54, 1.807) is 12.1 Å². The Hall–Kier alpha value is -3.42. The first-order valence-corrected chi connectivity index (χ1v) is 7.88. The predicted octanol–water partition coefficient (Wildman–Crippen LogP) is 2.53. The number of nitrogens with one attached hydrogen (secondary N) is 2. The molecule has 0 heterocycles. The molecule has 2 aromatic carbocycles. The summed E-state index contributed by atoms with van der Waals surface area (Å²) in [7, 11) is 1.42. The molecule has 0 saturated carbocycles. The average Bonchev–Trinajstić information content (AvgIpc) is 2.62. The molecule has 8 nitrogen and oxygen atoms in total. The molecule has 2 rings (SSSR count). The van der Waals surface area contributed by atoms with Gasteiger partial charge in [-0.05, 0) is 36.2 Å². The number of methoxy groups -OCH3 is 1. The number of hydrogen-bond acceptors (Lipinski definition) is 5. The van der Waals surface area contributed by atoms with Crippen LogP contribution < -0.4 is 15.4 Å². The van der Waals surface area contributed by atoms with Crippen molar-refractivity contribution in [3.8, 4) is 5.75 Å². The molecular weight excluding hydrogens is 338 g/mol. The van der Waals surface area contributed by atoms with Gasteiger partial charge in [0.15, 0.2) is 0 Å². The molecule has 0 atom stereocenters. The Morgan fingerprint density at radius 1 is 1.15 bits per heavy atom. The van der Waals surface area contributed by atoms with E-state index < -0.39 is 10.8 Å². The van der Waals surface area contributed by atoms with Gasteiger partial charge in [0.2, 0.25) is 5.91 Å². The zero-order valence-corrected chi connectivity index (χ0v) is 14.4. The van der Waals surface area contributed by atoms with Crippen LogP contribution in [0.4, 0.5) is 11.4 Å². The molecule has 0 radical (unpaired) electrons. The minimum atomic E-state index is -0.602. The summed E-state index contributed by atoms with van der Waals surface area (Å²) in [5.41, 5.74) is 1.33. The Labute approximate surface area is 150 Å². The number of carbonyl (C=O) groups is 2. The number of benzene rings is 2. The number of nitrogens with zero attached hydrogens (tertiary/aromatic N) is 1. The summed E-state index contributed by atoms with van der Waals surface area (Å²) in [5, 5.41) is 16.4. The predicted molar refractivity (Wildman–Crippen MR) is 96.4 cm³/mol. The Balaban J connectivity index is 1.98. The quantitative estimate of drug-likeness (QED) is 0.584. The Kier molecular flexibility index (Phi) is 6.26. The maximum absolute atomic E-state index is 12.3. The largest absolute Gasteiger partial charge is 0.497 e. The molecule has 2 amide bonds. The van der Waals surface area contributed by atoms with Gasteiger partial charge < -0.3 is 15.4 Å². The third-order valence-corrected chi connectivity index (χ3v) is 3.62. The highest BCUT2D eigenvalue weighted by Gasteiger charge is 2.20. The summed E-state index contributed by atoms with van der Waals surface area (Å²) in [6, 6.07) is 11.2. The van der Waals surface area contributed by atoms with Crippen LogP contribution in [0.5, 0.6) is 5.75 Å². The molecule has 136 valence electrons. The van der Waals surface area contributed by atoms with Gasteiger partial charge in [-0.1, -0.05) is 12.1 Å². The van der Waals surface area contributed by atoms with Crippen molar-refractivity contribution < 1.29 is 19.2 Å². The third-order valence-electron chi connectivity index (χ3n) is 3.62. The molecule has 0 aliphatic carbocycles. The molecule has 0 fully saturated rings. The Morgan fingerprint density at radius 3 is 2.42 bits per heavy atom. The summed E-state index contributed by atoms with van der Waals surface area (Å²) in [4.78, 5) is 33.8. The van der Waals surface area contributed by atoms with E-state index >= 15 is 0 Å². The van der Waals surface area contributed by atoms with Crippen molar-refractivity contribution >= 4 is 23.2 Å². The summed E-state index contributed by atoms with van der Waals surface area (Å²) in [6.07, 6.45) is 0.545. The Bertz CT molecular complexity index is 818. The van der Waals surface area contributed by atoms with Gasteiger partial charge in [-0.3, -0.25) is 19.7 Å². The van der Waals surface area contributed by atoms with Crippen LogP contribution in [0.3, 0.4) is 0 Å². The molecule has 0 unspecified atom stereocenters. The molecule has 2 N–H and O–H groups in total. The van der Waals surface area contributed by atoms with Crippen molar-refractivity contribution in [1.29, 1.82) is 0 Å². The molecule has 0 aliphatic rings. The van der Waals surface area contributed by atoms with Gasteiger partial charge >= 0.3 is 0 Å². The maximum Gasteiger partial charge on any atom is 0.282 e. The topological polar surface area (TPSA) is 111 Å². The summed E-state index contributed by atoms with van der Waals surface area (Å²) in [5.74, 6) is -0.315. The lowest BCUT2D eigenvalue weighted by Gasteiger charge is -2.08. The van der Waals surface area contributed by atoms with Crippen molar-refractivity contribution in [2.45, 2.75) is 13.3 Å². The highest BCUT2D eigenvalue weighted by molar-refractivity contribution is 5.98. The first kappa shape index (κ1) is 18.9. The van der Waals surface area contributed by atoms with Gasteiger partial charge in [-0.25, -0.2) is 0 Å². The van der Waals surface area contributed by atoms with Crippen LogP contribution in [0.25, 0.3) is 0 Å². The number of carbonyl (C=O) groups excluding carboxylic acids is 2. The van der Waals surface area contributed by atoms with Gasteiger partial charge in [-0.15, -0.1) is 0 Å². The third kappa shape index (κ3) is 5.04. The van der Waals surface area contributed by atoms with E-state index in [2.05, 4.69) is 10.6 Å². The van der Waals surface area contributed by atoms with Crippen molar-refractivity contribution in [3.05, 3.63) is 63.7 Å². The van der Waals surface area contributed by atoms with Gasteiger partial charge in [0, 0.05) is 25.2 Å². The lowest BCUT2D eigenvalue weighted by molar-refractivity contribution is -0.385. The number of nitro groups is 1. The molecule has 0 aliphatic heterocycles. The second-order valence-corrected chi connectivity index (χ2v) is 5.52. The van der Waals surface area contributed by atoms with E-state index in [0.717, 1.165) is 5.56 Å². The van der Waals surface area contributed by atoms with Crippen LogP contribution in [0, 0.1) is 10.1 Å². The number of nitro benzene ring substituents is 1. The van der Waals surface area contributed by atoms with Gasteiger partial charge in [0.05, 0.1) is 12.0 Å². The van der Waals surface area contributed by atoms with E-state index in [1.807, 2.05) is 12.1 Å². The molecule has 0 saturated heterocycles. The van der Waals surface area contributed by atoms with E-state index in [9.17, 15) is 19.7 Å². The van der Waals surface area contributed by atoms with Crippen LogP contribution in [0.15, 0.2) is 42.5 Å². The summed E-state index contributed by atoms with van der Waals surface area (Å²) >= 11 is 0. The molecular formula is C18H19N3O5. The maximum atomic E-state index is 12.3. The summed E-state index contributed by atoms with van der Waals surface area (Å²) in [6.45, 7) is 1.74. The van der Waals surface area contributed by atoms with E-state index in [-0.39, 0.29) is 17.2 Å². The average molecular weight is 357 g/mol. The van der Waals surface area contributed by atoms with Gasteiger partial charge in [-0.2, -0.15) is 0 Å². The van der Waals surface area contributed by atoms with Crippen LogP contribution in [-0.2, 0) is 11.2 Å². The molecule has 2 aromatic rings. The van der Waals surface area contributed by atoms with Gasteiger partial charge in [0.1, 0.15) is 11.3 Å². The normalized spacial score (nSPS) is 10.1. The number of amides is 2. The lowest BCUT2D eigenvalue weighted by Crippen LogP contribution is -2.26. The zero-order chi connectivity index (χ0) is 19.1. The number of rotatable bonds is 7. The Morgan fingerprint density at radius 2 is 1.85 bits per heavy atom. The second-order valence-electron chi connectivity index (χ2n) is 5.52. The fourth-order valence-corrected chi connectivity index (χ4v) is 2.36. The van der Waals surface area contributed by atoms with E-state index in [0.29, 0.717) is 24.4 Å². The van der Waals surface area contributed by atoms with Crippen LogP contribution in [-0.4, -0.2) is 30.4 Å². The standard InChI is InChI=1S/C18H19N3O5/c1-12(22)20-14-5-3-13(4-6-14)9-10-19-18(23)16-11-15(26-2)7-8-17(16)21(24)25/h3-8,11H,9-10H2,1-2H3,(H,19,23)(H,20,22). The van der Waals surface area contributed by atoms with E-state index in [4.69, 9.17) is 4.74 Å².